The second-order valence-corrected chi connectivity index (χ2v) is 3.34. The highest BCUT2D eigenvalue weighted by atomic mass is 127. The van der Waals surface area contributed by atoms with Crippen molar-refractivity contribution in [1.29, 1.82) is 0 Å². The van der Waals surface area contributed by atoms with Crippen molar-refractivity contribution in [3.8, 4) is 0 Å². The SMILES string of the molecule is OCc1cnc(F)c(C(F)F)c1I. The summed E-state index contributed by atoms with van der Waals surface area (Å²) in [5, 5.41) is 8.70. The quantitative estimate of drug-likeness (QED) is 0.671. The first-order valence-corrected chi connectivity index (χ1v) is 4.37. The summed E-state index contributed by atoms with van der Waals surface area (Å²) in [6.07, 6.45) is -1.87. The molecule has 1 N–H and O–H groups in total. The van der Waals surface area contributed by atoms with Gasteiger partial charge in [0.05, 0.1) is 12.2 Å². The Morgan fingerprint density at radius 3 is 2.62 bits per heavy atom. The summed E-state index contributed by atoms with van der Waals surface area (Å²) in [4.78, 5) is 3.12. The number of pyridine rings is 1. The molecular weight excluding hydrogens is 298 g/mol. The van der Waals surface area contributed by atoms with Crippen LogP contribution in [0.25, 0.3) is 0 Å². The Morgan fingerprint density at radius 2 is 2.15 bits per heavy atom. The van der Waals surface area contributed by atoms with Crippen molar-refractivity contribution in [2.24, 2.45) is 0 Å². The van der Waals surface area contributed by atoms with Gasteiger partial charge < -0.3 is 5.11 Å². The number of hydrogen-bond donors (Lipinski definition) is 1. The molecule has 0 radical (unpaired) electrons. The van der Waals surface area contributed by atoms with Crippen LogP contribution < -0.4 is 0 Å². The molecule has 0 aliphatic rings. The zero-order valence-corrected chi connectivity index (χ0v) is 8.43. The molecule has 0 amide bonds. The van der Waals surface area contributed by atoms with E-state index in [1.165, 1.54) is 0 Å². The fourth-order valence-electron chi connectivity index (χ4n) is 0.820. The molecule has 13 heavy (non-hydrogen) atoms. The minimum atomic E-state index is -2.91. The van der Waals surface area contributed by atoms with Crippen LogP contribution in [-0.2, 0) is 6.61 Å². The smallest absolute Gasteiger partial charge is 0.269 e. The van der Waals surface area contributed by atoms with Gasteiger partial charge in [-0.25, -0.2) is 13.8 Å². The van der Waals surface area contributed by atoms with E-state index in [-0.39, 0.29) is 9.13 Å². The number of aliphatic hydroxyl groups is 1. The number of halogens is 4. The van der Waals surface area contributed by atoms with E-state index in [1.807, 2.05) is 0 Å². The molecule has 1 rings (SSSR count). The van der Waals surface area contributed by atoms with Gasteiger partial charge in [-0.15, -0.1) is 0 Å². The second kappa shape index (κ2) is 4.23. The minimum absolute atomic E-state index is 0.0302. The van der Waals surface area contributed by atoms with Gasteiger partial charge in [0, 0.05) is 15.3 Å². The Balaban J connectivity index is 3.30. The highest BCUT2D eigenvalue weighted by Gasteiger charge is 2.20. The molecule has 0 saturated heterocycles. The topological polar surface area (TPSA) is 33.1 Å². The number of alkyl halides is 2. The molecule has 0 unspecified atom stereocenters. The Labute approximate surface area is 85.9 Å². The lowest BCUT2D eigenvalue weighted by Crippen LogP contribution is -2.02. The number of aliphatic hydroxyl groups excluding tert-OH is 1. The number of hydrogen-bond acceptors (Lipinski definition) is 2. The van der Waals surface area contributed by atoms with E-state index < -0.39 is 24.5 Å². The predicted molar refractivity (Wildman–Crippen MR) is 47.8 cm³/mol. The van der Waals surface area contributed by atoms with Crippen LogP contribution in [0.3, 0.4) is 0 Å². The molecule has 0 saturated carbocycles. The molecule has 6 heteroatoms. The molecule has 1 heterocycles. The number of nitrogens with zero attached hydrogens (tertiary/aromatic N) is 1. The zero-order chi connectivity index (χ0) is 10.0. The van der Waals surface area contributed by atoms with Crippen LogP contribution in [0.4, 0.5) is 13.2 Å². The number of aromatic nitrogens is 1. The van der Waals surface area contributed by atoms with Crippen molar-refractivity contribution in [2.45, 2.75) is 13.0 Å². The predicted octanol–water partition coefficient (Wildman–Crippen LogP) is 2.26. The highest BCUT2D eigenvalue weighted by Crippen LogP contribution is 2.28. The van der Waals surface area contributed by atoms with Crippen molar-refractivity contribution < 1.29 is 18.3 Å². The average Bonchev–Trinajstić information content (AvgIpc) is 2.04. The fourth-order valence-corrected chi connectivity index (χ4v) is 1.59. The lowest BCUT2D eigenvalue weighted by atomic mass is 10.2. The molecule has 0 aliphatic carbocycles. The molecule has 1 aromatic heterocycles. The van der Waals surface area contributed by atoms with Crippen molar-refractivity contribution in [2.75, 3.05) is 0 Å². The lowest BCUT2D eigenvalue weighted by Gasteiger charge is -2.07. The van der Waals surface area contributed by atoms with Crippen LogP contribution in [0.2, 0.25) is 0 Å². The molecule has 0 spiro atoms. The van der Waals surface area contributed by atoms with E-state index in [0.717, 1.165) is 6.20 Å². The maximum absolute atomic E-state index is 12.7. The minimum Gasteiger partial charge on any atom is -0.392 e. The van der Waals surface area contributed by atoms with E-state index in [1.54, 1.807) is 22.6 Å². The summed E-state index contributed by atoms with van der Waals surface area (Å²) in [5.41, 5.74) is -0.538. The standard InChI is InChI=1S/C7H5F3INO/c8-6(9)4-5(11)3(2-13)1-12-7(4)10/h1,6,13H,2H2. The molecular formula is C7H5F3INO. The van der Waals surface area contributed by atoms with Crippen LogP contribution >= 0.6 is 22.6 Å². The van der Waals surface area contributed by atoms with E-state index in [2.05, 4.69) is 4.98 Å². The highest BCUT2D eigenvalue weighted by molar-refractivity contribution is 14.1. The van der Waals surface area contributed by atoms with E-state index >= 15 is 0 Å². The maximum Gasteiger partial charge on any atom is 0.269 e. The maximum atomic E-state index is 12.7. The van der Waals surface area contributed by atoms with Gasteiger partial charge in [0.25, 0.3) is 6.43 Å². The Kier molecular flexibility index (Phi) is 3.48. The summed E-state index contributed by atoms with van der Waals surface area (Å²) >= 11 is 1.56. The van der Waals surface area contributed by atoms with Crippen molar-refractivity contribution in [3.05, 3.63) is 26.8 Å². The second-order valence-electron chi connectivity index (χ2n) is 2.26. The first-order valence-electron chi connectivity index (χ1n) is 3.29. The molecule has 2 nitrogen and oxygen atoms in total. The van der Waals surface area contributed by atoms with Gasteiger partial charge in [-0.05, 0) is 22.6 Å². The van der Waals surface area contributed by atoms with Gasteiger partial charge in [-0.2, -0.15) is 4.39 Å². The Bertz CT molecular complexity index is 319. The molecule has 0 fully saturated rings. The van der Waals surface area contributed by atoms with Crippen LogP contribution in [0.15, 0.2) is 6.20 Å². The fraction of sp³-hybridized carbons (Fsp3) is 0.286. The summed E-state index contributed by atoms with van der Waals surface area (Å²) in [6.45, 7) is -0.425. The number of rotatable bonds is 2. The Morgan fingerprint density at radius 1 is 1.54 bits per heavy atom. The van der Waals surface area contributed by atoms with E-state index in [0.29, 0.717) is 0 Å². The Hall–Kier alpha value is -0.370. The first-order chi connectivity index (χ1) is 6.07. The van der Waals surface area contributed by atoms with E-state index in [4.69, 9.17) is 5.11 Å². The van der Waals surface area contributed by atoms with Gasteiger partial charge in [0.15, 0.2) is 0 Å². The molecule has 0 bridgehead atoms. The van der Waals surface area contributed by atoms with Gasteiger partial charge in [0.1, 0.15) is 0 Å². The van der Waals surface area contributed by atoms with Crippen molar-refractivity contribution in [1.82, 2.24) is 4.98 Å². The molecule has 72 valence electrons. The van der Waals surface area contributed by atoms with Crippen LogP contribution in [0, 0.1) is 9.52 Å². The summed E-state index contributed by atoms with van der Waals surface area (Å²) in [5.74, 6) is -1.18. The molecule has 0 aliphatic heterocycles. The molecule has 0 atom stereocenters. The summed E-state index contributed by atoms with van der Waals surface area (Å²) in [7, 11) is 0. The summed E-state index contributed by atoms with van der Waals surface area (Å²) in [6, 6.07) is 0. The average molecular weight is 303 g/mol. The van der Waals surface area contributed by atoms with E-state index in [9.17, 15) is 13.2 Å². The van der Waals surface area contributed by atoms with Crippen LogP contribution in [0.5, 0.6) is 0 Å². The third kappa shape index (κ3) is 2.11. The van der Waals surface area contributed by atoms with Crippen molar-refractivity contribution in [3.63, 3.8) is 0 Å². The van der Waals surface area contributed by atoms with Crippen LogP contribution in [-0.4, -0.2) is 10.1 Å². The van der Waals surface area contributed by atoms with Gasteiger partial charge in [-0.1, -0.05) is 0 Å². The molecule has 0 aromatic carbocycles. The third-order valence-corrected chi connectivity index (χ3v) is 2.74. The van der Waals surface area contributed by atoms with Crippen LogP contribution in [0.1, 0.15) is 17.6 Å². The van der Waals surface area contributed by atoms with Gasteiger partial charge >= 0.3 is 0 Å². The normalized spacial score (nSPS) is 10.9. The van der Waals surface area contributed by atoms with Gasteiger partial charge in [-0.3, -0.25) is 0 Å². The summed E-state index contributed by atoms with van der Waals surface area (Å²) < 4.78 is 37.2. The largest absolute Gasteiger partial charge is 0.392 e. The van der Waals surface area contributed by atoms with Crippen molar-refractivity contribution >= 4 is 22.6 Å². The molecule has 1 aromatic rings. The lowest BCUT2D eigenvalue weighted by molar-refractivity contribution is 0.143. The zero-order valence-electron chi connectivity index (χ0n) is 6.27. The van der Waals surface area contributed by atoms with Gasteiger partial charge in [0.2, 0.25) is 5.95 Å². The first kappa shape index (κ1) is 10.7. The monoisotopic (exact) mass is 303 g/mol. The third-order valence-electron chi connectivity index (χ3n) is 1.46.